The summed E-state index contributed by atoms with van der Waals surface area (Å²) in [7, 11) is 0. The largest absolute Gasteiger partial charge is 0.398 e. The Morgan fingerprint density at radius 2 is 2.05 bits per heavy atom. The zero-order chi connectivity index (χ0) is 15.4. The Bertz CT molecular complexity index is 540. The zero-order valence-electron chi connectivity index (χ0n) is 12.1. The van der Waals surface area contributed by atoms with Crippen LogP contribution in [0, 0.1) is 0 Å². The Kier molecular flexibility index (Phi) is 5.07. The van der Waals surface area contributed by atoms with E-state index >= 15 is 0 Å². The van der Waals surface area contributed by atoms with Gasteiger partial charge >= 0.3 is 0 Å². The summed E-state index contributed by atoms with van der Waals surface area (Å²) in [5.41, 5.74) is 6.73. The topological polar surface area (TPSA) is 75.4 Å². The number of anilines is 1. The van der Waals surface area contributed by atoms with Crippen LogP contribution in [-0.4, -0.2) is 35.8 Å². The highest BCUT2D eigenvalue weighted by Crippen LogP contribution is 2.21. The van der Waals surface area contributed by atoms with Crippen LogP contribution in [0.5, 0.6) is 0 Å². The van der Waals surface area contributed by atoms with E-state index in [0.29, 0.717) is 35.8 Å². The average Bonchev–Trinajstić information content (AvgIpc) is 2.47. The number of hydrogen-bond acceptors (Lipinski definition) is 3. The van der Waals surface area contributed by atoms with Crippen LogP contribution in [0.25, 0.3) is 0 Å². The molecule has 1 aromatic carbocycles. The van der Waals surface area contributed by atoms with Gasteiger partial charge in [-0.05, 0) is 31.0 Å². The highest BCUT2D eigenvalue weighted by atomic mass is 35.5. The van der Waals surface area contributed by atoms with Crippen molar-refractivity contribution in [3.63, 3.8) is 0 Å². The van der Waals surface area contributed by atoms with Crippen LogP contribution in [0.4, 0.5) is 5.69 Å². The van der Waals surface area contributed by atoms with Gasteiger partial charge < -0.3 is 16.0 Å². The molecule has 0 bridgehead atoms. The van der Waals surface area contributed by atoms with Crippen LogP contribution in [0.1, 0.15) is 36.5 Å². The van der Waals surface area contributed by atoms with Gasteiger partial charge in [0.15, 0.2) is 0 Å². The Labute approximate surface area is 129 Å². The molecule has 0 aromatic heterocycles. The average molecular weight is 310 g/mol. The molecule has 2 rings (SSSR count). The third-order valence-corrected chi connectivity index (χ3v) is 3.95. The van der Waals surface area contributed by atoms with Crippen molar-refractivity contribution in [3.8, 4) is 0 Å². The van der Waals surface area contributed by atoms with Crippen LogP contribution in [0.15, 0.2) is 18.2 Å². The molecule has 114 valence electrons. The third-order valence-electron chi connectivity index (χ3n) is 3.71. The number of rotatable bonds is 3. The number of halogens is 1. The van der Waals surface area contributed by atoms with E-state index in [-0.39, 0.29) is 17.9 Å². The van der Waals surface area contributed by atoms with Crippen molar-refractivity contribution in [2.75, 3.05) is 18.8 Å². The molecule has 0 saturated carbocycles. The molecule has 0 spiro atoms. The number of nitrogens with one attached hydrogen (secondary N) is 1. The van der Waals surface area contributed by atoms with Crippen LogP contribution < -0.4 is 11.1 Å². The number of amides is 2. The molecule has 1 aliphatic rings. The molecule has 3 N–H and O–H groups in total. The molecule has 1 fully saturated rings. The van der Waals surface area contributed by atoms with Crippen LogP contribution in [0.3, 0.4) is 0 Å². The fourth-order valence-corrected chi connectivity index (χ4v) is 2.64. The summed E-state index contributed by atoms with van der Waals surface area (Å²) in [6, 6.07) is 5.07. The fraction of sp³-hybridized carbons (Fsp3) is 0.467. The van der Waals surface area contributed by atoms with Gasteiger partial charge in [0.25, 0.3) is 5.91 Å². The first-order chi connectivity index (χ1) is 10.0. The van der Waals surface area contributed by atoms with Gasteiger partial charge in [-0.3, -0.25) is 9.59 Å². The molecule has 1 aromatic rings. The van der Waals surface area contributed by atoms with E-state index in [1.54, 1.807) is 23.1 Å². The number of hydrogen-bond donors (Lipinski definition) is 2. The van der Waals surface area contributed by atoms with Gasteiger partial charge in [0.2, 0.25) is 5.91 Å². The van der Waals surface area contributed by atoms with Gasteiger partial charge in [-0.2, -0.15) is 0 Å². The van der Waals surface area contributed by atoms with E-state index in [1.807, 2.05) is 6.92 Å². The van der Waals surface area contributed by atoms with Crippen molar-refractivity contribution in [1.29, 1.82) is 0 Å². The first-order valence-electron chi connectivity index (χ1n) is 7.15. The van der Waals surface area contributed by atoms with Gasteiger partial charge in [0.1, 0.15) is 0 Å². The van der Waals surface area contributed by atoms with Gasteiger partial charge in [-0.1, -0.05) is 18.5 Å². The highest BCUT2D eigenvalue weighted by molar-refractivity contribution is 6.31. The molecule has 6 heteroatoms. The molecule has 0 aliphatic carbocycles. The van der Waals surface area contributed by atoms with E-state index in [4.69, 9.17) is 17.3 Å². The second kappa shape index (κ2) is 6.80. The van der Waals surface area contributed by atoms with Gasteiger partial charge in [-0.25, -0.2) is 0 Å². The monoisotopic (exact) mass is 309 g/mol. The zero-order valence-corrected chi connectivity index (χ0v) is 12.8. The van der Waals surface area contributed by atoms with Crippen LogP contribution in [-0.2, 0) is 4.79 Å². The lowest BCUT2D eigenvalue weighted by Crippen LogP contribution is -2.46. The predicted octanol–water partition coefficient (Wildman–Crippen LogP) is 2.05. The number of piperidine rings is 1. The molecule has 0 unspecified atom stereocenters. The van der Waals surface area contributed by atoms with E-state index in [1.165, 1.54) is 0 Å². The summed E-state index contributed by atoms with van der Waals surface area (Å²) in [5, 5.41) is 3.49. The lowest BCUT2D eigenvalue weighted by molar-refractivity contribution is -0.121. The molecule has 1 saturated heterocycles. The van der Waals surface area contributed by atoms with E-state index < -0.39 is 0 Å². The number of nitrogens with two attached hydrogens (primary N) is 1. The number of nitrogen functional groups attached to an aromatic ring is 1. The third kappa shape index (κ3) is 3.88. The minimum atomic E-state index is -0.0792. The molecule has 0 radical (unpaired) electrons. The number of nitrogens with zero attached hydrogens (tertiary/aromatic N) is 1. The lowest BCUT2D eigenvalue weighted by atomic mass is 10.0. The minimum absolute atomic E-state index is 0.0572. The van der Waals surface area contributed by atoms with Crippen molar-refractivity contribution in [2.45, 2.75) is 32.2 Å². The fourth-order valence-electron chi connectivity index (χ4n) is 2.46. The second-order valence-electron chi connectivity index (χ2n) is 5.22. The summed E-state index contributed by atoms with van der Waals surface area (Å²) < 4.78 is 0. The summed E-state index contributed by atoms with van der Waals surface area (Å²) >= 11 is 5.84. The Balaban J connectivity index is 1.95. The number of benzene rings is 1. The van der Waals surface area contributed by atoms with E-state index in [2.05, 4.69) is 5.32 Å². The first-order valence-corrected chi connectivity index (χ1v) is 7.52. The molecule has 21 heavy (non-hydrogen) atoms. The molecular weight excluding hydrogens is 290 g/mol. The normalized spacial score (nSPS) is 15.8. The maximum absolute atomic E-state index is 12.4. The molecule has 2 amide bonds. The maximum atomic E-state index is 12.4. The van der Waals surface area contributed by atoms with Crippen molar-refractivity contribution in [1.82, 2.24) is 10.2 Å². The number of carbonyl (C=O) groups excluding carboxylic acids is 2. The first kappa shape index (κ1) is 15.6. The lowest BCUT2D eigenvalue weighted by Gasteiger charge is -2.32. The summed E-state index contributed by atoms with van der Waals surface area (Å²) in [6.45, 7) is 3.07. The standard InChI is InChI=1S/C15H20ClN3O2/c1-2-14(20)18-11-5-7-19(8-6-11)15(21)12-4-3-10(16)9-13(12)17/h3-4,9,11H,2,5-8,17H2,1H3,(H,18,20). The molecule has 0 atom stereocenters. The summed E-state index contributed by atoms with van der Waals surface area (Å²) in [5.74, 6) is -0.0221. The van der Waals surface area contributed by atoms with Crippen molar-refractivity contribution < 1.29 is 9.59 Å². The van der Waals surface area contributed by atoms with Crippen LogP contribution >= 0.6 is 11.6 Å². The van der Waals surface area contributed by atoms with Gasteiger partial charge in [0, 0.05) is 36.3 Å². The quantitative estimate of drug-likeness (QED) is 0.839. The molecule has 1 heterocycles. The van der Waals surface area contributed by atoms with Gasteiger partial charge in [-0.15, -0.1) is 0 Å². The number of carbonyl (C=O) groups is 2. The molecule has 1 aliphatic heterocycles. The molecule has 5 nitrogen and oxygen atoms in total. The van der Waals surface area contributed by atoms with Gasteiger partial charge in [0.05, 0.1) is 5.56 Å². The number of likely N-dealkylation sites (tertiary alicyclic amines) is 1. The minimum Gasteiger partial charge on any atom is -0.398 e. The summed E-state index contributed by atoms with van der Waals surface area (Å²) in [6.07, 6.45) is 2.02. The van der Waals surface area contributed by atoms with Crippen LogP contribution in [0.2, 0.25) is 5.02 Å². The Morgan fingerprint density at radius 3 is 2.62 bits per heavy atom. The Hall–Kier alpha value is -1.75. The Morgan fingerprint density at radius 1 is 1.38 bits per heavy atom. The second-order valence-corrected chi connectivity index (χ2v) is 5.66. The smallest absolute Gasteiger partial charge is 0.255 e. The van der Waals surface area contributed by atoms with Crippen molar-refractivity contribution in [3.05, 3.63) is 28.8 Å². The summed E-state index contributed by atoms with van der Waals surface area (Å²) in [4.78, 5) is 25.6. The SMILES string of the molecule is CCC(=O)NC1CCN(C(=O)c2ccc(Cl)cc2N)CC1. The highest BCUT2D eigenvalue weighted by Gasteiger charge is 2.25. The van der Waals surface area contributed by atoms with Crippen molar-refractivity contribution in [2.24, 2.45) is 0 Å². The molecular formula is C15H20ClN3O2. The maximum Gasteiger partial charge on any atom is 0.255 e. The van der Waals surface area contributed by atoms with E-state index in [9.17, 15) is 9.59 Å². The van der Waals surface area contributed by atoms with Crippen molar-refractivity contribution >= 4 is 29.1 Å². The van der Waals surface area contributed by atoms with E-state index in [0.717, 1.165) is 12.8 Å². The predicted molar refractivity (Wildman–Crippen MR) is 83.2 cm³/mol.